The lowest BCUT2D eigenvalue weighted by molar-refractivity contribution is -0.132. The van der Waals surface area contributed by atoms with Gasteiger partial charge < -0.3 is 25.8 Å². The second-order valence-corrected chi connectivity index (χ2v) is 5.84. The molecule has 0 saturated carbocycles. The Morgan fingerprint density at radius 2 is 2.19 bits per heavy atom. The van der Waals surface area contributed by atoms with Crippen LogP contribution in [0.3, 0.4) is 0 Å². The Labute approximate surface area is 123 Å². The number of ether oxygens (including phenoxy) is 2. The van der Waals surface area contributed by atoms with Gasteiger partial charge in [0.15, 0.2) is 0 Å². The van der Waals surface area contributed by atoms with Crippen LogP contribution in [-0.4, -0.2) is 48.8 Å². The summed E-state index contributed by atoms with van der Waals surface area (Å²) in [6.07, 6.45) is -0.913. The Morgan fingerprint density at radius 3 is 2.76 bits per heavy atom. The van der Waals surface area contributed by atoms with Gasteiger partial charge in [0.2, 0.25) is 11.8 Å². The highest BCUT2D eigenvalue weighted by Gasteiger charge is 2.30. The van der Waals surface area contributed by atoms with Crippen molar-refractivity contribution in [2.75, 3.05) is 13.2 Å². The zero-order chi connectivity index (χ0) is 16.0. The molecule has 0 aromatic rings. The third-order valence-electron chi connectivity index (χ3n) is 2.72. The smallest absolute Gasteiger partial charge is 0.408 e. The second-order valence-electron chi connectivity index (χ2n) is 5.84. The van der Waals surface area contributed by atoms with E-state index in [2.05, 4.69) is 10.6 Å². The molecule has 120 valence electrons. The third-order valence-corrected chi connectivity index (χ3v) is 2.72. The van der Waals surface area contributed by atoms with Gasteiger partial charge in [0.05, 0.1) is 0 Å². The molecule has 0 aromatic carbocycles. The maximum Gasteiger partial charge on any atom is 0.408 e. The van der Waals surface area contributed by atoms with Gasteiger partial charge in [-0.25, -0.2) is 4.79 Å². The van der Waals surface area contributed by atoms with Gasteiger partial charge in [-0.3, -0.25) is 9.59 Å². The van der Waals surface area contributed by atoms with Crippen molar-refractivity contribution < 1.29 is 23.9 Å². The van der Waals surface area contributed by atoms with E-state index in [1.165, 1.54) is 0 Å². The van der Waals surface area contributed by atoms with Crippen molar-refractivity contribution in [3.63, 3.8) is 0 Å². The molecule has 0 aromatic heterocycles. The summed E-state index contributed by atoms with van der Waals surface area (Å²) in [7, 11) is 0. The first-order chi connectivity index (χ1) is 9.69. The molecule has 8 heteroatoms. The molecule has 0 bridgehead atoms. The molecule has 1 saturated heterocycles. The predicted octanol–water partition coefficient (Wildman–Crippen LogP) is -0.340. The van der Waals surface area contributed by atoms with E-state index < -0.39 is 29.7 Å². The summed E-state index contributed by atoms with van der Waals surface area (Å²) in [6, 6.07) is -1.03. The number of hydrogen-bond acceptors (Lipinski definition) is 5. The average Bonchev–Trinajstić information content (AvgIpc) is 2.51. The summed E-state index contributed by atoms with van der Waals surface area (Å²) in [5.74, 6) is -1.06. The first kappa shape index (κ1) is 17.2. The number of carbonyl (C=O) groups is 3. The fraction of sp³-hybridized carbons (Fsp3) is 0.769. The van der Waals surface area contributed by atoms with Crippen molar-refractivity contribution in [3.8, 4) is 0 Å². The van der Waals surface area contributed by atoms with E-state index in [1.54, 1.807) is 20.8 Å². The highest BCUT2D eigenvalue weighted by molar-refractivity contribution is 5.86. The minimum absolute atomic E-state index is 0.0274. The fourth-order valence-corrected chi connectivity index (χ4v) is 1.78. The van der Waals surface area contributed by atoms with Crippen molar-refractivity contribution in [2.45, 2.75) is 51.4 Å². The van der Waals surface area contributed by atoms with Crippen LogP contribution in [0.1, 0.15) is 33.6 Å². The Hall–Kier alpha value is -1.83. The molecule has 3 amide bonds. The van der Waals surface area contributed by atoms with E-state index in [9.17, 15) is 14.4 Å². The second kappa shape index (κ2) is 7.26. The minimum atomic E-state index is -1.03. The van der Waals surface area contributed by atoms with Crippen LogP contribution in [0.2, 0.25) is 0 Å². The van der Waals surface area contributed by atoms with Gasteiger partial charge in [-0.05, 0) is 27.2 Å². The van der Waals surface area contributed by atoms with Gasteiger partial charge in [0.1, 0.15) is 17.7 Å². The van der Waals surface area contributed by atoms with Crippen molar-refractivity contribution in [1.82, 2.24) is 10.6 Å². The minimum Gasteiger partial charge on any atom is -0.444 e. The van der Waals surface area contributed by atoms with E-state index in [4.69, 9.17) is 15.2 Å². The molecule has 21 heavy (non-hydrogen) atoms. The molecule has 1 fully saturated rings. The standard InChI is InChI=1S/C13H23N3O5/c1-13(2,3)21-12(19)16-8(10(14)17)7-9-11(18)15-5-4-6-20-9/h8-9H,4-7H2,1-3H3,(H2,14,17)(H,15,18)(H,16,19)/t8-,9-/m0/s1. The summed E-state index contributed by atoms with van der Waals surface area (Å²) >= 11 is 0. The molecular formula is C13H23N3O5. The van der Waals surface area contributed by atoms with E-state index in [0.717, 1.165) is 0 Å². The number of nitrogens with one attached hydrogen (secondary N) is 2. The largest absolute Gasteiger partial charge is 0.444 e. The Morgan fingerprint density at radius 1 is 1.52 bits per heavy atom. The van der Waals surface area contributed by atoms with Gasteiger partial charge in [-0.1, -0.05) is 0 Å². The average molecular weight is 301 g/mol. The van der Waals surface area contributed by atoms with Crippen LogP contribution in [0.4, 0.5) is 4.79 Å². The van der Waals surface area contributed by atoms with Gasteiger partial charge in [0, 0.05) is 19.6 Å². The van der Waals surface area contributed by atoms with Crippen LogP contribution >= 0.6 is 0 Å². The van der Waals surface area contributed by atoms with Crippen LogP contribution < -0.4 is 16.4 Å². The van der Waals surface area contributed by atoms with Crippen molar-refractivity contribution in [1.29, 1.82) is 0 Å². The number of nitrogens with two attached hydrogens (primary N) is 1. The molecule has 0 unspecified atom stereocenters. The number of amides is 3. The Bertz CT molecular complexity index is 405. The summed E-state index contributed by atoms with van der Waals surface area (Å²) in [5, 5.41) is 5.04. The normalized spacial score (nSPS) is 20.9. The molecular weight excluding hydrogens is 278 g/mol. The summed E-state index contributed by atoms with van der Waals surface area (Å²) < 4.78 is 10.4. The predicted molar refractivity (Wildman–Crippen MR) is 74.3 cm³/mol. The van der Waals surface area contributed by atoms with Gasteiger partial charge in [-0.2, -0.15) is 0 Å². The highest BCUT2D eigenvalue weighted by Crippen LogP contribution is 2.10. The Balaban J connectivity index is 2.62. The first-order valence-corrected chi connectivity index (χ1v) is 6.87. The maximum absolute atomic E-state index is 11.8. The van der Waals surface area contributed by atoms with Gasteiger partial charge >= 0.3 is 6.09 Å². The Kier molecular flexibility index (Phi) is 5.95. The third kappa shape index (κ3) is 6.44. The van der Waals surface area contributed by atoms with Crippen LogP contribution in [0, 0.1) is 0 Å². The van der Waals surface area contributed by atoms with Crippen LogP contribution in [0.25, 0.3) is 0 Å². The summed E-state index contributed by atoms with van der Waals surface area (Å²) in [5.41, 5.74) is 4.56. The van der Waals surface area contributed by atoms with E-state index in [-0.39, 0.29) is 12.3 Å². The van der Waals surface area contributed by atoms with Crippen LogP contribution in [-0.2, 0) is 19.1 Å². The monoisotopic (exact) mass is 301 g/mol. The number of hydrogen-bond donors (Lipinski definition) is 3. The SMILES string of the molecule is CC(C)(C)OC(=O)N[C@@H](C[C@@H]1OCCCNC1=O)C(N)=O. The van der Waals surface area contributed by atoms with E-state index in [1.807, 2.05) is 0 Å². The molecule has 0 aliphatic carbocycles. The van der Waals surface area contributed by atoms with Crippen molar-refractivity contribution in [3.05, 3.63) is 0 Å². The molecule has 2 atom stereocenters. The molecule has 1 aliphatic heterocycles. The van der Waals surface area contributed by atoms with Gasteiger partial charge in [0.25, 0.3) is 0 Å². The van der Waals surface area contributed by atoms with Crippen LogP contribution in [0.5, 0.6) is 0 Å². The number of alkyl carbamates (subject to hydrolysis) is 1. The molecule has 1 heterocycles. The number of primary amides is 1. The number of carbonyl (C=O) groups excluding carboxylic acids is 3. The lowest BCUT2D eigenvalue weighted by Gasteiger charge is -2.24. The van der Waals surface area contributed by atoms with Crippen LogP contribution in [0.15, 0.2) is 0 Å². The molecule has 8 nitrogen and oxygen atoms in total. The number of rotatable bonds is 4. The van der Waals surface area contributed by atoms with Crippen molar-refractivity contribution >= 4 is 17.9 Å². The molecule has 4 N–H and O–H groups in total. The fourth-order valence-electron chi connectivity index (χ4n) is 1.78. The zero-order valence-electron chi connectivity index (χ0n) is 12.6. The summed E-state index contributed by atoms with van der Waals surface area (Å²) in [6.45, 7) is 6.03. The molecule has 0 spiro atoms. The lowest BCUT2D eigenvalue weighted by Crippen LogP contribution is -2.50. The van der Waals surface area contributed by atoms with E-state index >= 15 is 0 Å². The molecule has 1 aliphatic rings. The molecule has 0 radical (unpaired) electrons. The topological polar surface area (TPSA) is 120 Å². The summed E-state index contributed by atoms with van der Waals surface area (Å²) in [4.78, 5) is 34.9. The van der Waals surface area contributed by atoms with Gasteiger partial charge in [-0.15, -0.1) is 0 Å². The lowest BCUT2D eigenvalue weighted by atomic mass is 10.1. The molecule has 1 rings (SSSR count). The first-order valence-electron chi connectivity index (χ1n) is 6.87. The zero-order valence-corrected chi connectivity index (χ0v) is 12.6. The van der Waals surface area contributed by atoms with E-state index in [0.29, 0.717) is 19.6 Å². The van der Waals surface area contributed by atoms with Crippen molar-refractivity contribution in [2.24, 2.45) is 5.73 Å². The highest BCUT2D eigenvalue weighted by atomic mass is 16.6. The maximum atomic E-state index is 11.8. The quantitative estimate of drug-likeness (QED) is 0.656.